The number of carboxylic acid groups (broad SMARTS) is 1. The molecule has 10 heteroatoms. The number of carbonyl (C=O) groups is 2. The second-order valence-corrected chi connectivity index (χ2v) is 7.91. The molecule has 2 amide bonds. The van der Waals surface area contributed by atoms with Gasteiger partial charge in [-0.1, -0.05) is 54.5 Å². The van der Waals surface area contributed by atoms with E-state index in [0.717, 1.165) is 35.9 Å². The number of anilines is 2. The SMILES string of the molecule is CCCC[C@H](Sc1nnc(NC(=O)Nc2ccc(Cl)cc2)s1)C(=O)O. The molecule has 0 aliphatic carbocycles. The molecule has 25 heavy (non-hydrogen) atoms. The zero-order chi connectivity index (χ0) is 18.2. The van der Waals surface area contributed by atoms with Crippen LogP contribution in [-0.4, -0.2) is 32.6 Å². The molecule has 0 bridgehead atoms. The molecule has 2 aromatic rings. The van der Waals surface area contributed by atoms with Gasteiger partial charge in [0.15, 0.2) is 4.34 Å². The molecular weight excluding hydrogens is 384 g/mol. The first-order chi connectivity index (χ1) is 12.0. The number of aromatic nitrogens is 2. The number of unbranched alkanes of at least 4 members (excludes halogenated alkanes) is 1. The summed E-state index contributed by atoms with van der Waals surface area (Å²) in [5, 5.41) is 22.6. The van der Waals surface area contributed by atoms with Crippen LogP contribution in [-0.2, 0) is 4.79 Å². The van der Waals surface area contributed by atoms with E-state index in [4.69, 9.17) is 11.6 Å². The molecule has 0 aliphatic rings. The predicted octanol–water partition coefficient (Wildman–Crippen LogP) is 4.57. The van der Waals surface area contributed by atoms with E-state index in [9.17, 15) is 14.7 Å². The molecule has 0 radical (unpaired) electrons. The quantitative estimate of drug-likeness (QED) is 0.442. The Hall–Kier alpha value is -1.84. The predicted molar refractivity (Wildman–Crippen MR) is 101 cm³/mol. The van der Waals surface area contributed by atoms with Gasteiger partial charge in [0.25, 0.3) is 0 Å². The van der Waals surface area contributed by atoms with Crippen molar-refractivity contribution in [1.82, 2.24) is 10.2 Å². The summed E-state index contributed by atoms with van der Waals surface area (Å²) in [5.74, 6) is -0.872. The Morgan fingerprint density at radius 3 is 2.64 bits per heavy atom. The van der Waals surface area contributed by atoms with Gasteiger partial charge < -0.3 is 10.4 Å². The summed E-state index contributed by atoms with van der Waals surface area (Å²) in [6.45, 7) is 2.01. The Kier molecular flexibility index (Phi) is 7.48. The first-order valence-corrected chi connectivity index (χ1v) is 9.62. The number of nitrogens with one attached hydrogen (secondary N) is 2. The highest BCUT2D eigenvalue weighted by Gasteiger charge is 2.21. The molecule has 1 aromatic carbocycles. The Morgan fingerprint density at radius 1 is 1.28 bits per heavy atom. The molecule has 1 heterocycles. The van der Waals surface area contributed by atoms with Crippen LogP contribution in [0.4, 0.5) is 15.6 Å². The number of aliphatic carboxylic acids is 1. The maximum atomic E-state index is 11.9. The minimum Gasteiger partial charge on any atom is -0.480 e. The van der Waals surface area contributed by atoms with Gasteiger partial charge in [-0.15, -0.1) is 10.2 Å². The van der Waals surface area contributed by atoms with Crippen molar-refractivity contribution in [1.29, 1.82) is 0 Å². The van der Waals surface area contributed by atoms with Crippen LogP contribution in [0, 0.1) is 0 Å². The van der Waals surface area contributed by atoms with Crippen molar-refractivity contribution >= 4 is 57.5 Å². The minimum absolute atomic E-state index is 0.300. The third-order valence-electron chi connectivity index (χ3n) is 3.07. The van der Waals surface area contributed by atoms with Gasteiger partial charge in [0.05, 0.1) is 0 Å². The number of hydrogen-bond acceptors (Lipinski definition) is 6. The average Bonchev–Trinajstić information content (AvgIpc) is 3.00. The van der Waals surface area contributed by atoms with Crippen molar-refractivity contribution in [3.63, 3.8) is 0 Å². The maximum Gasteiger partial charge on any atom is 0.325 e. The van der Waals surface area contributed by atoms with Gasteiger partial charge in [0.2, 0.25) is 5.13 Å². The van der Waals surface area contributed by atoms with E-state index in [-0.39, 0.29) is 0 Å². The molecule has 0 saturated heterocycles. The number of thioether (sulfide) groups is 1. The summed E-state index contributed by atoms with van der Waals surface area (Å²) in [7, 11) is 0. The number of hydrogen-bond donors (Lipinski definition) is 3. The van der Waals surface area contributed by atoms with Crippen LogP contribution >= 0.6 is 34.7 Å². The molecule has 7 nitrogen and oxygen atoms in total. The van der Waals surface area contributed by atoms with Crippen molar-refractivity contribution in [2.24, 2.45) is 0 Å². The molecule has 0 unspecified atom stereocenters. The topological polar surface area (TPSA) is 104 Å². The van der Waals surface area contributed by atoms with Crippen molar-refractivity contribution < 1.29 is 14.7 Å². The van der Waals surface area contributed by atoms with E-state index in [1.165, 1.54) is 0 Å². The summed E-state index contributed by atoms with van der Waals surface area (Å²) in [6, 6.07) is 6.22. The van der Waals surface area contributed by atoms with Crippen molar-refractivity contribution in [2.45, 2.75) is 35.8 Å². The van der Waals surface area contributed by atoms with E-state index >= 15 is 0 Å². The lowest BCUT2D eigenvalue weighted by atomic mass is 10.2. The Balaban J connectivity index is 1.90. The van der Waals surface area contributed by atoms with Crippen molar-refractivity contribution in [3.05, 3.63) is 29.3 Å². The summed E-state index contributed by atoms with van der Waals surface area (Å²) >= 11 is 8.07. The summed E-state index contributed by atoms with van der Waals surface area (Å²) < 4.78 is 0.505. The van der Waals surface area contributed by atoms with Crippen LogP contribution in [0.3, 0.4) is 0 Å². The third kappa shape index (κ3) is 6.52. The highest BCUT2D eigenvalue weighted by Crippen LogP contribution is 2.31. The second kappa shape index (κ2) is 9.59. The number of halogens is 1. The zero-order valence-electron chi connectivity index (χ0n) is 13.4. The normalized spacial score (nSPS) is 11.8. The lowest BCUT2D eigenvalue weighted by Gasteiger charge is -2.08. The van der Waals surface area contributed by atoms with Crippen LogP contribution < -0.4 is 10.6 Å². The maximum absolute atomic E-state index is 11.9. The van der Waals surface area contributed by atoms with Gasteiger partial charge in [-0.2, -0.15) is 0 Å². The van der Waals surface area contributed by atoms with Crippen LogP contribution in [0.1, 0.15) is 26.2 Å². The molecule has 2 rings (SSSR count). The van der Waals surface area contributed by atoms with Crippen molar-refractivity contribution in [2.75, 3.05) is 10.6 Å². The smallest absolute Gasteiger partial charge is 0.325 e. The first kappa shape index (κ1) is 19.5. The minimum atomic E-state index is -0.872. The third-order valence-corrected chi connectivity index (χ3v) is 5.50. The molecule has 0 spiro atoms. The van der Waals surface area contributed by atoms with Crippen LogP contribution in [0.25, 0.3) is 0 Å². The Bertz CT molecular complexity index is 724. The molecule has 3 N–H and O–H groups in total. The van der Waals surface area contributed by atoms with E-state index in [1.54, 1.807) is 24.3 Å². The highest BCUT2D eigenvalue weighted by molar-refractivity contribution is 8.02. The molecule has 1 atom stereocenters. The van der Waals surface area contributed by atoms with Crippen LogP contribution in [0.15, 0.2) is 28.6 Å². The molecule has 0 saturated carbocycles. The number of urea groups is 1. The fourth-order valence-corrected chi connectivity index (χ4v) is 3.94. The van der Waals surface area contributed by atoms with Gasteiger partial charge in [-0.05, 0) is 30.7 Å². The number of carbonyl (C=O) groups excluding carboxylic acids is 1. The number of nitrogens with zero attached hydrogens (tertiary/aromatic N) is 2. The van der Waals surface area contributed by atoms with E-state index in [2.05, 4.69) is 20.8 Å². The summed E-state index contributed by atoms with van der Waals surface area (Å²) in [6.07, 6.45) is 2.32. The standard InChI is InChI=1S/C15H17ClN4O3S2/c1-2-3-4-11(12(21)22)24-15-20-19-14(25-15)18-13(23)17-10-7-5-9(16)6-8-10/h5-8,11H,2-4H2,1H3,(H,21,22)(H2,17,18,19,23)/t11-/m0/s1. The zero-order valence-corrected chi connectivity index (χ0v) is 15.7. The molecule has 1 aromatic heterocycles. The lowest BCUT2D eigenvalue weighted by Crippen LogP contribution is -2.19. The number of amides is 2. The van der Waals surface area contributed by atoms with Gasteiger partial charge >= 0.3 is 12.0 Å². The van der Waals surface area contributed by atoms with Gasteiger partial charge in [-0.3, -0.25) is 10.1 Å². The number of rotatable bonds is 8. The number of carboxylic acids is 1. The molecule has 0 aliphatic heterocycles. The lowest BCUT2D eigenvalue weighted by molar-refractivity contribution is -0.136. The largest absolute Gasteiger partial charge is 0.480 e. The van der Waals surface area contributed by atoms with Crippen molar-refractivity contribution in [3.8, 4) is 0 Å². The second-order valence-electron chi connectivity index (χ2n) is 5.05. The summed E-state index contributed by atoms with van der Waals surface area (Å²) in [5.41, 5.74) is 0.589. The van der Waals surface area contributed by atoms with E-state index < -0.39 is 17.3 Å². The van der Waals surface area contributed by atoms with Gasteiger partial charge in [0.1, 0.15) is 5.25 Å². The number of benzene rings is 1. The molecule has 0 fully saturated rings. The summed E-state index contributed by atoms with van der Waals surface area (Å²) in [4.78, 5) is 23.2. The fraction of sp³-hybridized carbons (Fsp3) is 0.333. The van der Waals surface area contributed by atoms with E-state index in [0.29, 0.717) is 26.6 Å². The fourth-order valence-electron chi connectivity index (χ4n) is 1.84. The Labute approximate surface area is 158 Å². The van der Waals surface area contributed by atoms with Gasteiger partial charge in [-0.25, -0.2) is 4.79 Å². The monoisotopic (exact) mass is 400 g/mol. The van der Waals surface area contributed by atoms with Crippen LogP contribution in [0.2, 0.25) is 5.02 Å². The highest BCUT2D eigenvalue weighted by atomic mass is 35.5. The van der Waals surface area contributed by atoms with Gasteiger partial charge in [0, 0.05) is 10.7 Å². The van der Waals surface area contributed by atoms with Crippen LogP contribution in [0.5, 0.6) is 0 Å². The molecule has 134 valence electrons. The average molecular weight is 401 g/mol. The molecular formula is C15H17ClN4O3S2. The Morgan fingerprint density at radius 2 is 2.00 bits per heavy atom. The van der Waals surface area contributed by atoms with E-state index in [1.807, 2.05) is 6.92 Å². The first-order valence-electron chi connectivity index (χ1n) is 7.54.